The van der Waals surface area contributed by atoms with Crippen LogP contribution in [0, 0.1) is 0 Å². The molecule has 0 aromatic heterocycles. The molecule has 0 fully saturated rings. The summed E-state index contributed by atoms with van der Waals surface area (Å²) in [6, 6.07) is 4.25. The van der Waals surface area contributed by atoms with Crippen LogP contribution in [-0.4, -0.2) is 49.6 Å². The summed E-state index contributed by atoms with van der Waals surface area (Å²) in [5, 5.41) is 0. The zero-order valence-electron chi connectivity index (χ0n) is 11.4. The molecule has 0 aliphatic rings. The topological polar surface area (TPSA) is 98.8 Å². The molecule has 20 heavy (non-hydrogen) atoms. The highest BCUT2D eigenvalue weighted by atomic mass is 32.2. The molecule has 1 aromatic carbocycles. The van der Waals surface area contributed by atoms with E-state index in [9.17, 15) is 16.8 Å². The van der Waals surface area contributed by atoms with Gasteiger partial charge in [-0.2, -0.15) is 0 Å². The molecule has 1 aromatic rings. The molecule has 0 saturated carbocycles. The maximum atomic E-state index is 12.1. The molecule has 114 valence electrons. The van der Waals surface area contributed by atoms with Crippen LogP contribution >= 0.6 is 0 Å². The lowest BCUT2D eigenvalue weighted by atomic mass is 10.3. The molecule has 0 saturated heterocycles. The van der Waals surface area contributed by atoms with Gasteiger partial charge in [0.1, 0.15) is 26.2 Å². The van der Waals surface area contributed by atoms with Crippen LogP contribution in [0.5, 0.6) is 11.5 Å². The summed E-state index contributed by atoms with van der Waals surface area (Å²) in [6.07, 6.45) is 1.04. The van der Waals surface area contributed by atoms with E-state index in [1.807, 2.05) is 0 Å². The van der Waals surface area contributed by atoms with Crippen molar-refractivity contribution in [3.05, 3.63) is 18.2 Å². The van der Waals surface area contributed by atoms with Crippen molar-refractivity contribution in [2.75, 3.05) is 32.8 Å². The average Bonchev–Trinajstić information content (AvgIpc) is 2.36. The van der Waals surface area contributed by atoms with Crippen LogP contribution < -0.4 is 14.2 Å². The molecule has 0 aliphatic heterocycles. The van der Waals surface area contributed by atoms with Gasteiger partial charge in [0.05, 0.1) is 20.0 Å². The average molecular weight is 323 g/mol. The zero-order chi connectivity index (χ0) is 15.4. The number of nitrogens with one attached hydrogen (secondary N) is 1. The molecule has 0 unspecified atom stereocenters. The quantitative estimate of drug-likeness (QED) is 0.760. The standard InChI is InChI=1S/C11H17NO6S2/c1-17-9-4-5-11(10(8-9)18-2)20(15,16)12-6-7-19(3,13)14/h4-5,8,12H,6-7H2,1-3H3. The largest absolute Gasteiger partial charge is 0.497 e. The summed E-state index contributed by atoms with van der Waals surface area (Å²) < 4.78 is 58.3. The highest BCUT2D eigenvalue weighted by Gasteiger charge is 2.20. The van der Waals surface area contributed by atoms with E-state index < -0.39 is 19.9 Å². The number of sulfone groups is 1. The fourth-order valence-electron chi connectivity index (χ4n) is 1.44. The van der Waals surface area contributed by atoms with E-state index in [2.05, 4.69) is 4.72 Å². The Hall–Kier alpha value is -1.32. The molecule has 0 heterocycles. The molecular weight excluding hydrogens is 306 g/mol. The van der Waals surface area contributed by atoms with Crippen molar-refractivity contribution in [2.24, 2.45) is 0 Å². The molecule has 0 bridgehead atoms. The summed E-state index contributed by atoms with van der Waals surface area (Å²) >= 11 is 0. The van der Waals surface area contributed by atoms with Gasteiger partial charge in [0.15, 0.2) is 0 Å². The van der Waals surface area contributed by atoms with Gasteiger partial charge in [-0.25, -0.2) is 21.6 Å². The predicted octanol–water partition coefficient (Wildman–Crippen LogP) is 0.0267. The Kier molecular flexibility index (Phi) is 5.37. The second kappa shape index (κ2) is 6.42. The molecule has 9 heteroatoms. The fraction of sp³-hybridized carbons (Fsp3) is 0.455. The Morgan fingerprint density at radius 3 is 2.25 bits per heavy atom. The molecule has 0 atom stereocenters. The second-order valence-electron chi connectivity index (χ2n) is 4.04. The van der Waals surface area contributed by atoms with Crippen LogP contribution in [0.15, 0.2) is 23.1 Å². The van der Waals surface area contributed by atoms with Gasteiger partial charge in [0.25, 0.3) is 0 Å². The number of ether oxygens (including phenoxy) is 2. The van der Waals surface area contributed by atoms with Crippen molar-refractivity contribution in [1.82, 2.24) is 4.72 Å². The predicted molar refractivity (Wildman–Crippen MR) is 74.4 cm³/mol. The monoisotopic (exact) mass is 323 g/mol. The smallest absolute Gasteiger partial charge is 0.244 e. The van der Waals surface area contributed by atoms with E-state index in [1.54, 1.807) is 0 Å². The molecule has 1 rings (SSSR count). The highest BCUT2D eigenvalue weighted by molar-refractivity contribution is 7.91. The van der Waals surface area contributed by atoms with Crippen molar-refractivity contribution >= 4 is 19.9 Å². The lowest BCUT2D eigenvalue weighted by molar-refractivity contribution is 0.386. The van der Waals surface area contributed by atoms with Crippen molar-refractivity contribution in [2.45, 2.75) is 4.90 Å². The first-order chi connectivity index (χ1) is 9.19. The van der Waals surface area contributed by atoms with Crippen molar-refractivity contribution in [1.29, 1.82) is 0 Å². The minimum absolute atomic E-state index is 0.0747. The number of rotatable bonds is 7. The van der Waals surface area contributed by atoms with Gasteiger partial charge in [-0.3, -0.25) is 0 Å². The van der Waals surface area contributed by atoms with Gasteiger partial charge in [-0.15, -0.1) is 0 Å². The normalized spacial score (nSPS) is 12.2. The molecule has 0 spiro atoms. The number of benzene rings is 1. The van der Waals surface area contributed by atoms with Gasteiger partial charge >= 0.3 is 0 Å². The molecule has 0 aliphatic carbocycles. The lowest BCUT2D eigenvalue weighted by Crippen LogP contribution is -2.29. The van der Waals surface area contributed by atoms with Gasteiger partial charge in [-0.05, 0) is 12.1 Å². The Bertz CT molecular complexity index is 666. The summed E-state index contributed by atoms with van der Waals surface area (Å²) in [7, 11) is -4.29. The van der Waals surface area contributed by atoms with Crippen molar-refractivity contribution in [3.63, 3.8) is 0 Å². The molecule has 0 amide bonds. The van der Waals surface area contributed by atoms with Gasteiger partial charge in [0.2, 0.25) is 10.0 Å². The van der Waals surface area contributed by atoms with E-state index in [1.165, 1.54) is 32.4 Å². The van der Waals surface area contributed by atoms with Crippen LogP contribution in [0.4, 0.5) is 0 Å². The maximum Gasteiger partial charge on any atom is 0.244 e. The molecule has 1 N–H and O–H groups in total. The number of hydrogen-bond donors (Lipinski definition) is 1. The first kappa shape index (κ1) is 16.7. The fourth-order valence-corrected chi connectivity index (χ4v) is 3.22. The Labute approximate surface area is 118 Å². The highest BCUT2D eigenvalue weighted by Crippen LogP contribution is 2.28. The van der Waals surface area contributed by atoms with Gasteiger partial charge < -0.3 is 9.47 Å². The van der Waals surface area contributed by atoms with Gasteiger partial charge in [-0.1, -0.05) is 0 Å². The third-order valence-corrected chi connectivity index (χ3v) is 4.87. The Morgan fingerprint density at radius 1 is 1.10 bits per heavy atom. The molecule has 0 radical (unpaired) electrons. The Morgan fingerprint density at radius 2 is 1.75 bits per heavy atom. The van der Waals surface area contributed by atoms with E-state index >= 15 is 0 Å². The van der Waals surface area contributed by atoms with E-state index in [-0.39, 0.29) is 22.9 Å². The third-order valence-electron chi connectivity index (χ3n) is 2.43. The van der Waals surface area contributed by atoms with Crippen LogP contribution in [-0.2, 0) is 19.9 Å². The summed E-state index contributed by atoms with van der Waals surface area (Å²) in [5.74, 6) is 0.304. The molecular formula is C11H17NO6S2. The van der Waals surface area contributed by atoms with Crippen LogP contribution in [0.3, 0.4) is 0 Å². The molecule has 7 nitrogen and oxygen atoms in total. The van der Waals surface area contributed by atoms with Crippen LogP contribution in [0.2, 0.25) is 0 Å². The number of methoxy groups -OCH3 is 2. The Balaban J connectivity index is 2.97. The second-order valence-corrected chi connectivity index (χ2v) is 8.04. The summed E-state index contributed by atoms with van der Waals surface area (Å²) in [6.45, 7) is -0.198. The summed E-state index contributed by atoms with van der Waals surface area (Å²) in [5.41, 5.74) is 0. The minimum Gasteiger partial charge on any atom is -0.497 e. The van der Waals surface area contributed by atoms with E-state index in [4.69, 9.17) is 9.47 Å². The van der Waals surface area contributed by atoms with Gasteiger partial charge in [0, 0.05) is 18.9 Å². The minimum atomic E-state index is -3.85. The number of sulfonamides is 1. The van der Waals surface area contributed by atoms with Crippen LogP contribution in [0.1, 0.15) is 0 Å². The van der Waals surface area contributed by atoms with E-state index in [0.717, 1.165) is 6.26 Å². The van der Waals surface area contributed by atoms with Crippen LogP contribution in [0.25, 0.3) is 0 Å². The zero-order valence-corrected chi connectivity index (χ0v) is 13.0. The van der Waals surface area contributed by atoms with Crippen molar-refractivity contribution in [3.8, 4) is 11.5 Å². The number of hydrogen-bond acceptors (Lipinski definition) is 6. The van der Waals surface area contributed by atoms with Crippen molar-refractivity contribution < 1.29 is 26.3 Å². The van der Waals surface area contributed by atoms with E-state index in [0.29, 0.717) is 5.75 Å². The first-order valence-electron chi connectivity index (χ1n) is 5.59. The first-order valence-corrected chi connectivity index (χ1v) is 9.13. The maximum absolute atomic E-state index is 12.1. The SMILES string of the molecule is COc1ccc(S(=O)(=O)NCCS(C)(=O)=O)c(OC)c1. The summed E-state index contributed by atoms with van der Waals surface area (Å²) in [4.78, 5) is -0.0747. The lowest BCUT2D eigenvalue weighted by Gasteiger charge is -2.11. The third kappa shape index (κ3) is 4.66.